The van der Waals surface area contributed by atoms with Gasteiger partial charge in [-0.05, 0) is 54.4 Å². The van der Waals surface area contributed by atoms with E-state index in [2.05, 4.69) is 0 Å². The van der Waals surface area contributed by atoms with Crippen molar-refractivity contribution < 1.29 is 23.4 Å². The number of amides is 1. The number of carbonyl (C=O) groups is 1. The summed E-state index contributed by atoms with van der Waals surface area (Å²) in [4.78, 5) is 16.5. The molecule has 2 aromatic carbocycles. The molecule has 0 aliphatic carbocycles. The summed E-state index contributed by atoms with van der Waals surface area (Å²) in [5, 5.41) is 0. The number of benzene rings is 2. The third-order valence-electron chi connectivity index (χ3n) is 5.14. The first kappa shape index (κ1) is 20.9. The summed E-state index contributed by atoms with van der Waals surface area (Å²) in [7, 11) is 6.51. The molecule has 0 saturated carbocycles. The lowest BCUT2D eigenvalue weighted by Gasteiger charge is -2.31. The Hall–Kier alpha value is -2.80. The summed E-state index contributed by atoms with van der Waals surface area (Å²) in [5.41, 5.74) is 3.04. The molecule has 2 aromatic rings. The standard InChI is InChI=1S/C22H27FN2O4/c1-24(12-15-5-6-19(27-2)18(23)9-15)14-22(26)25-8-7-16-10-20(28-3)21(29-4)11-17(16)13-25/h5-6,9-11H,7-8,12-14H2,1-4H3. The normalized spacial score (nSPS) is 13.2. The van der Waals surface area contributed by atoms with Crippen LogP contribution >= 0.6 is 0 Å². The minimum absolute atomic E-state index is 0.0434. The van der Waals surface area contributed by atoms with E-state index >= 15 is 0 Å². The van der Waals surface area contributed by atoms with Crippen LogP contribution in [0, 0.1) is 5.82 Å². The third kappa shape index (κ3) is 4.79. The molecule has 156 valence electrons. The van der Waals surface area contributed by atoms with Crippen molar-refractivity contribution in [1.82, 2.24) is 9.80 Å². The monoisotopic (exact) mass is 402 g/mol. The molecule has 7 heteroatoms. The van der Waals surface area contributed by atoms with Crippen molar-refractivity contribution in [3.8, 4) is 17.2 Å². The molecule has 0 spiro atoms. The number of halogens is 1. The van der Waals surface area contributed by atoms with E-state index in [0.29, 0.717) is 31.1 Å². The topological polar surface area (TPSA) is 51.2 Å². The predicted octanol–water partition coefficient (Wildman–Crippen LogP) is 2.87. The van der Waals surface area contributed by atoms with Gasteiger partial charge in [0.05, 0.1) is 27.9 Å². The smallest absolute Gasteiger partial charge is 0.237 e. The highest BCUT2D eigenvalue weighted by Crippen LogP contribution is 2.33. The summed E-state index contributed by atoms with van der Waals surface area (Å²) in [6, 6.07) is 8.78. The van der Waals surface area contributed by atoms with Crippen LogP contribution in [0.1, 0.15) is 16.7 Å². The van der Waals surface area contributed by atoms with Crippen LogP contribution in [0.4, 0.5) is 4.39 Å². The minimum atomic E-state index is -0.401. The van der Waals surface area contributed by atoms with E-state index in [9.17, 15) is 9.18 Å². The summed E-state index contributed by atoms with van der Waals surface area (Å²) in [6.07, 6.45) is 0.773. The first-order valence-electron chi connectivity index (χ1n) is 9.47. The fraction of sp³-hybridized carbons (Fsp3) is 0.409. The van der Waals surface area contributed by atoms with Crippen LogP contribution in [-0.4, -0.2) is 57.2 Å². The minimum Gasteiger partial charge on any atom is -0.494 e. The number of likely N-dealkylation sites (N-methyl/N-ethyl adjacent to an activating group) is 1. The quantitative estimate of drug-likeness (QED) is 0.713. The molecule has 0 fully saturated rings. The summed E-state index contributed by atoms with van der Waals surface area (Å²) in [6.45, 7) is 1.93. The molecule has 0 bridgehead atoms. The second-order valence-electron chi connectivity index (χ2n) is 7.18. The van der Waals surface area contributed by atoms with Gasteiger partial charge in [-0.1, -0.05) is 6.07 Å². The van der Waals surface area contributed by atoms with Gasteiger partial charge in [0.2, 0.25) is 5.91 Å². The van der Waals surface area contributed by atoms with Gasteiger partial charge in [-0.15, -0.1) is 0 Å². The number of carbonyl (C=O) groups excluding carboxylic acids is 1. The number of methoxy groups -OCH3 is 3. The third-order valence-corrected chi connectivity index (χ3v) is 5.14. The Morgan fingerprint density at radius 2 is 1.69 bits per heavy atom. The van der Waals surface area contributed by atoms with E-state index in [1.165, 1.54) is 18.7 Å². The van der Waals surface area contributed by atoms with Gasteiger partial charge in [-0.2, -0.15) is 0 Å². The largest absolute Gasteiger partial charge is 0.494 e. The zero-order valence-electron chi connectivity index (χ0n) is 17.3. The fourth-order valence-corrected chi connectivity index (χ4v) is 3.60. The van der Waals surface area contributed by atoms with Crippen LogP contribution in [0.25, 0.3) is 0 Å². The lowest BCUT2D eigenvalue weighted by Crippen LogP contribution is -2.41. The Balaban J connectivity index is 1.62. The number of rotatable bonds is 7. The lowest BCUT2D eigenvalue weighted by molar-refractivity contribution is -0.133. The maximum absolute atomic E-state index is 13.9. The van der Waals surface area contributed by atoms with Gasteiger partial charge in [0, 0.05) is 19.6 Å². The van der Waals surface area contributed by atoms with E-state index in [1.54, 1.807) is 26.4 Å². The van der Waals surface area contributed by atoms with Crippen molar-refractivity contribution >= 4 is 5.91 Å². The van der Waals surface area contributed by atoms with Gasteiger partial charge in [-0.25, -0.2) is 4.39 Å². The molecule has 1 amide bonds. The molecule has 3 rings (SSSR count). The van der Waals surface area contributed by atoms with Crippen molar-refractivity contribution in [3.05, 3.63) is 52.8 Å². The number of hydrogen-bond acceptors (Lipinski definition) is 5. The average Bonchev–Trinajstić information content (AvgIpc) is 2.72. The van der Waals surface area contributed by atoms with Gasteiger partial charge in [0.15, 0.2) is 23.1 Å². The molecule has 1 aliphatic heterocycles. The molecule has 1 heterocycles. The number of nitrogens with zero attached hydrogens (tertiary/aromatic N) is 2. The molecule has 0 radical (unpaired) electrons. The molecular weight excluding hydrogens is 375 g/mol. The molecule has 0 saturated heterocycles. The molecule has 0 aromatic heterocycles. The van der Waals surface area contributed by atoms with Crippen molar-refractivity contribution in [1.29, 1.82) is 0 Å². The molecule has 29 heavy (non-hydrogen) atoms. The molecular formula is C22H27FN2O4. The maximum Gasteiger partial charge on any atom is 0.237 e. The highest BCUT2D eigenvalue weighted by Gasteiger charge is 2.23. The SMILES string of the molecule is COc1ccc(CN(C)CC(=O)N2CCc3cc(OC)c(OC)cc3C2)cc1F. The van der Waals surface area contributed by atoms with Gasteiger partial charge in [0.1, 0.15) is 0 Å². The van der Waals surface area contributed by atoms with Crippen molar-refractivity contribution in [3.63, 3.8) is 0 Å². The highest BCUT2D eigenvalue weighted by atomic mass is 19.1. The second kappa shape index (κ2) is 9.13. The van der Waals surface area contributed by atoms with E-state index in [1.807, 2.05) is 29.0 Å². The molecule has 0 N–H and O–H groups in total. The zero-order valence-corrected chi connectivity index (χ0v) is 17.3. The van der Waals surface area contributed by atoms with Gasteiger partial charge >= 0.3 is 0 Å². The second-order valence-corrected chi connectivity index (χ2v) is 7.18. The van der Waals surface area contributed by atoms with E-state index in [0.717, 1.165) is 17.5 Å². The Bertz CT molecular complexity index is 887. The molecule has 0 unspecified atom stereocenters. The number of fused-ring (bicyclic) bond motifs is 1. The Labute approximate surface area is 170 Å². The van der Waals surface area contributed by atoms with Crippen LogP contribution < -0.4 is 14.2 Å². The lowest BCUT2D eigenvalue weighted by atomic mass is 9.98. The summed E-state index contributed by atoms with van der Waals surface area (Å²) < 4.78 is 29.6. The van der Waals surface area contributed by atoms with Crippen LogP contribution in [0.2, 0.25) is 0 Å². The summed E-state index contributed by atoms with van der Waals surface area (Å²) >= 11 is 0. The number of hydrogen-bond donors (Lipinski definition) is 0. The maximum atomic E-state index is 13.9. The van der Waals surface area contributed by atoms with Crippen molar-refractivity contribution in [2.75, 3.05) is 41.5 Å². The van der Waals surface area contributed by atoms with Crippen molar-refractivity contribution in [2.24, 2.45) is 0 Å². The molecule has 6 nitrogen and oxygen atoms in total. The molecule has 1 aliphatic rings. The van der Waals surface area contributed by atoms with Crippen LogP contribution in [0.3, 0.4) is 0 Å². The first-order chi connectivity index (χ1) is 13.9. The van der Waals surface area contributed by atoms with Gasteiger partial charge < -0.3 is 19.1 Å². The fourth-order valence-electron chi connectivity index (χ4n) is 3.60. The Morgan fingerprint density at radius 1 is 1.03 bits per heavy atom. The van der Waals surface area contributed by atoms with Crippen LogP contribution in [0.15, 0.2) is 30.3 Å². The summed E-state index contributed by atoms with van der Waals surface area (Å²) in [5.74, 6) is 1.23. The zero-order chi connectivity index (χ0) is 21.0. The Morgan fingerprint density at radius 3 is 2.31 bits per heavy atom. The van der Waals surface area contributed by atoms with Crippen LogP contribution in [-0.2, 0) is 24.3 Å². The van der Waals surface area contributed by atoms with Gasteiger partial charge in [0.25, 0.3) is 0 Å². The number of ether oxygens (including phenoxy) is 3. The van der Waals surface area contributed by atoms with E-state index in [4.69, 9.17) is 14.2 Å². The predicted molar refractivity (Wildman–Crippen MR) is 108 cm³/mol. The first-order valence-corrected chi connectivity index (χ1v) is 9.47. The van der Waals surface area contributed by atoms with E-state index in [-0.39, 0.29) is 18.2 Å². The average molecular weight is 402 g/mol. The van der Waals surface area contributed by atoms with Crippen LogP contribution in [0.5, 0.6) is 17.2 Å². The van der Waals surface area contributed by atoms with Gasteiger partial charge in [-0.3, -0.25) is 9.69 Å². The Kier molecular flexibility index (Phi) is 6.59. The highest BCUT2D eigenvalue weighted by molar-refractivity contribution is 5.78. The molecule has 0 atom stereocenters. The van der Waals surface area contributed by atoms with Crippen molar-refractivity contribution in [2.45, 2.75) is 19.5 Å². The van der Waals surface area contributed by atoms with E-state index < -0.39 is 5.82 Å².